The van der Waals surface area contributed by atoms with Gasteiger partial charge in [-0.2, -0.15) is 4.98 Å². The molecule has 1 N–H and O–H groups in total. The van der Waals surface area contributed by atoms with Gasteiger partial charge in [0.25, 0.3) is 5.91 Å². The summed E-state index contributed by atoms with van der Waals surface area (Å²) in [5.41, 5.74) is 5.67. The molecule has 1 aliphatic rings. The first-order chi connectivity index (χ1) is 14.2. The number of anilines is 1. The van der Waals surface area contributed by atoms with Gasteiger partial charge in [0.05, 0.1) is 28.0 Å². The van der Waals surface area contributed by atoms with E-state index in [-0.39, 0.29) is 18.0 Å². The fourth-order valence-corrected chi connectivity index (χ4v) is 4.36. The molecule has 4 aromatic rings. The van der Waals surface area contributed by atoms with Crippen molar-refractivity contribution in [3.05, 3.63) is 76.6 Å². The van der Waals surface area contributed by atoms with Gasteiger partial charge in [-0.1, -0.05) is 24.3 Å². The van der Waals surface area contributed by atoms with E-state index in [0.29, 0.717) is 12.1 Å². The molecule has 29 heavy (non-hydrogen) atoms. The van der Waals surface area contributed by atoms with Gasteiger partial charge in [0.1, 0.15) is 5.76 Å². The van der Waals surface area contributed by atoms with Crippen LogP contribution < -0.4 is 5.32 Å². The standard InChI is InChI=1S/C22H20N4O2S/c1-14(16-7-8-20-18(11-16)23-13-29-20)26-10-9-17-19(12-26)28-22(24-17)25-21(27)15-5-3-2-4-6-15/h2-8,11,13-14H,9-10,12H2,1H3,(H,24,25,27)/t14-/m0/s1. The molecule has 2 aromatic heterocycles. The van der Waals surface area contributed by atoms with Crippen LogP contribution in [0.1, 0.15) is 40.3 Å². The minimum atomic E-state index is -0.217. The molecule has 0 aliphatic carbocycles. The van der Waals surface area contributed by atoms with Crippen LogP contribution in [0, 0.1) is 0 Å². The van der Waals surface area contributed by atoms with Crippen LogP contribution in [-0.4, -0.2) is 27.3 Å². The fourth-order valence-electron chi connectivity index (χ4n) is 3.70. The third kappa shape index (κ3) is 3.54. The third-order valence-corrected chi connectivity index (χ3v) is 6.21. The molecule has 6 nitrogen and oxygen atoms in total. The van der Waals surface area contributed by atoms with Crippen molar-refractivity contribution in [2.45, 2.75) is 25.9 Å². The van der Waals surface area contributed by atoms with Crippen molar-refractivity contribution in [2.75, 3.05) is 11.9 Å². The molecular weight excluding hydrogens is 384 g/mol. The van der Waals surface area contributed by atoms with E-state index in [0.717, 1.165) is 29.9 Å². The Morgan fingerprint density at radius 3 is 2.97 bits per heavy atom. The minimum absolute atomic E-state index is 0.217. The lowest BCUT2D eigenvalue weighted by Crippen LogP contribution is -2.32. The Balaban J connectivity index is 1.31. The second-order valence-electron chi connectivity index (χ2n) is 7.19. The average Bonchev–Trinajstić information content (AvgIpc) is 3.38. The zero-order valence-electron chi connectivity index (χ0n) is 16.0. The number of benzene rings is 2. The Kier molecular flexibility index (Phi) is 4.61. The molecule has 3 heterocycles. The van der Waals surface area contributed by atoms with Crippen LogP contribution in [-0.2, 0) is 13.0 Å². The van der Waals surface area contributed by atoms with Crippen molar-refractivity contribution in [3.63, 3.8) is 0 Å². The summed E-state index contributed by atoms with van der Waals surface area (Å²) >= 11 is 1.66. The first-order valence-corrected chi connectivity index (χ1v) is 10.5. The Labute approximate surface area is 172 Å². The van der Waals surface area contributed by atoms with E-state index in [1.54, 1.807) is 23.5 Å². The predicted molar refractivity (Wildman–Crippen MR) is 113 cm³/mol. The number of nitrogens with zero attached hydrogens (tertiary/aromatic N) is 3. The molecule has 0 spiro atoms. The first-order valence-electron chi connectivity index (χ1n) is 9.59. The lowest BCUT2D eigenvalue weighted by molar-refractivity contribution is 0.102. The number of carbonyl (C=O) groups is 1. The van der Waals surface area contributed by atoms with Gasteiger partial charge in [-0.15, -0.1) is 11.3 Å². The lowest BCUT2D eigenvalue weighted by Gasteiger charge is -2.31. The van der Waals surface area contributed by atoms with Gasteiger partial charge in [-0.3, -0.25) is 15.0 Å². The molecule has 5 rings (SSSR count). The topological polar surface area (TPSA) is 71.3 Å². The third-order valence-electron chi connectivity index (χ3n) is 5.40. The van der Waals surface area contributed by atoms with Crippen LogP contribution in [0.15, 0.2) is 58.5 Å². The maximum absolute atomic E-state index is 12.3. The van der Waals surface area contributed by atoms with Crippen molar-refractivity contribution in [2.24, 2.45) is 0 Å². The number of fused-ring (bicyclic) bond motifs is 2. The average molecular weight is 404 g/mol. The quantitative estimate of drug-likeness (QED) is 0.536. The number of oxazole rings is 1. The number of nitrogens with one attached hydrogen (secondary N) is 1. The van der Waals surface area contributed by atoms with E-state index >= 15 is 0 Å². The molecule has 1 atom stereocenters. The van der Waals surface area contributed by atoms with Crippen LogP contribution in [0.2, 0.25) is 0 Å². The van der Waals surface area contributed by atoms with Gasteiger partial charge in [0.15, 0.2) is 0 Å². The maximum atomic E-state index is 12.3. The normalized spacial score (nSPS) is 15.2. The Morgan fingerprint density at radius 2 is 2.10 bits per heavy atom. The highest BCUT2D eigenvalue weighted by Gasteiger charge is 2.27. The van der Waals surface area contributed by atoms with E-state index in [4.69, 9.17) is 4.42 Å². The number of hydrogen-bond donors (Lipinski definition) is 1. The summed E-state index contributed by atoms with van der Waals surface area (Å²) in [5, 5.41) is 2.77. The molecule has 1 amide bonds. The summed E-state index contributed by atoms with van der Waals surface area (Å²) in [6.45, 7) is 3.76. The summed E-state index contributed by atoms with van der Waals surface area (Å²) in [7, 11) is 0. The second kappa shape index (κ2) is 7.42. The lowest BCUT2D eigenvalue weighted by atomic mass is 10.0. The largest absolute Gasteiger partial charge is 0.427 e. The number of aromatic nitrogens is 2. The molecule has 0 fully saturated rings. The Hall–Kier alpha value is -3.03. The monoisotopic (exact) mass is 404 g/mol. The van der Waals surface area contributed by atoms with Crippen molar-refractivity contribution in [1.82, 2.24) is 14.9 Å². The number of hydrogen-bond acceptors (Lipinski definition) is 6. The van der Waals surface area contributed by atoms with Crippen LogP contribution in [0.25, 0.3) is 10.2 Å². The molecule has 1 aliphatic heterocycles. The fraction of sp³-hybridized carbons (Fsp3) is 0.227. The Morgan fingerprint density at radius 1 is 1.24 bits per heavy atom. The zero-order chi connectivity index (χ0) is 19.8. The van der Waals surface area contributed by atoms with E-state index < -0.39 is 0 Å². The number of thiazole rings is 1. The van der Waals surface area contributed by atoms with E-state index in [1.165, 1.54) is 10.3 Å². The molecule has 0 radical (unpaired) electrons. The van der Waals surface area contributed by atoms with Crippen LogP contribution in [0.5, 0.6) is 0 Å². The smallest absolute Gasteiger partial charge is 0.302 e. The number of rotatable bonds is 4. The zero-order valence-corrected chi connectivity index (χ0v) is 16.8. The van der Waals surface area contributed by atoms with Gasteiger partial charge < -0.3 is 4.42 Å². The van der Waals surface area contributed by atoms with Crippen molar-refractivity contribution in [1.29, 1.82) is 0 Å². The van der Waals surface area contributed by atoms with E-state index in [1.807, 2.05) is 23.7 Å². The van der Waals surface area contributed by atoms with Gasteiger partial charge in [-0.25, -0.2) is 4.98 Å². The molecule has 7 heteroatoms. The highest BCUT2D eigenvalue weighted by molar-refractivity contribution is 7.16. The summed E-state index contributed by atoms with van der Waals surface area (Å²) in [6, 6.07) is 16.0. The summed E-state index contributed by atoms with van der Waals surface area (Å²) in [4.78, 5) is 23.6. The SMILES string of the molecule is C[C@@H](c1ccc2scnc2c1)N1CCc2nc(NC(=O)c3ccccc3)oc2C1. The van der Waals surface area contributed by atoms with Crippen molar-refractivity contribution in [3.8, 4) is 0 Å². The van der Waals surface area contributed by atoms with Crippen LogP contribution in [0.3, 0.4) is 0 Å². The highest BCUT2D eigenvalue weighted by Crippen LogP contribution is 2.31. The molecule has 0 unspecified atom stereocenters. The minimum Gasteiger partial charge on any atom is -0.427 e. The summed E-state index contributed by atoms with van der Waals surface area (Å²) < 4.78 is 7.08. The number of amides is 1. The van der Waals surface area contributed by atoms with Crippen LogP contribution >= 0.6 is 11.3 Å². The molecule has 146 valence electrons. The summed E-state index contributed by atoms with van der Waals surface area (Å²) in [5.74, 6) is 0.604. The van der Waals surface area contributed by atoms with Gasteiger partial charge >= 0.3 is 6.01 Å². The molecule has 2 aromatic carbocycles. The maximum Gasteiger partial charge on any atom is 0.302 e. The molecule has 0 saturated carbocycles. The van der Waals surface area contributed by atoms with Crippen LogP contribution in [0.4, 0.5) is 6.01 Å². The van der Waals surface area contributed by atoms with Crippen molar-refractivity contribution >= 4 is 33.5 Å². The van der Waals surface area contributed by atoms with E-state index in [2.05, 4.69) is 45.3 Å². The molecular formula is C22H20N4O2S. The van der Waals surface area contributed by atoms with Gasteiger partial charge in [-0.05, 0) is 36.8 Å². The number of carbonyl (C=O) groups excluding carboxylic acids is 1. The van der Waals surface area contributed by atoms with Crippen molar-refractivity contribution < 1.29 is 9.21 Å². The Bertz CT molecular complexity index is 1170. The van der Waals surface area contributed by atoms with Gasteiger partial charge in [0.2, 0.25) is 0 Å². The highest BCUT2D eigenvalue weighted by atomic mass is 32.1. The predicted octanol–water partition coefficient (Wildman–Crippen LogP) is 4.66. The summed E-state index contributed by atoms with van der Waals surface area (Å²) in [6.07, 6.45) is 0.795. The first kappa shape index (κ1) is 18.0. The second-order valence-corrected chi connectivity index (χ2v) is 8.07. The molecule has 0 saturated heterocycles. The van der Waals surface area contributed by atoms with E-state index in [9.17, 15) is 4.79 Å². The van der Waals surface area contributed by atoms with Gasteiger partial charge in [0, 0.05) is 24.6 Å². The molecule has 0 bridgehead atoms.